The molecule has 0 atom stereocenters. The highest BCUT2D eigenvalue weighted by molar-refractivity contribution is 6.33. The first-order valence-corrected chi connectivity index (χ1v) is 7.26. The highest BCUT2D eigenvalue weighted by Gasteiger charge is 2.01. The van der Waals surface area contributed by atoms with Gasteiger partial charge in [-0.2, -0.15) is 0 Å². The van der Waals surface area contributed by atoms with E-state index in [4.69, 9.17) is 32.4 Å². The molecule has 20 heavy (non-hydrogen) atoms. The molecule has 0 radical (unpaired) electrons. The molecule has 0 aliphatic carbocycles. The molecule has 2 aromatic rings. The number of nitrogens with one attached hydrogen (secondary N) is 1. The van der Waals surface area contributed by atoms with Crippen molar-refractivity contribution >= 4 is 23.2 Å². The Morgan fingerprint density at radius 1 is 1.20 bits per heavy atom. The molecule has 0 fully saturated rings. The van der Waals surface area contributed by atoms with Gasteiger partial charge in [0.05, 0.1) is 6.26 Å². The lowest BCUT2D eigenvalue weighted by atomic mass is 10.2. The van der Waals surface area contributed by atoms with Crippen LogP contribution < -0.4 is 5.32 Å². The van der Waals surface area contributed by atoms with Gasteiger partial charge >= 0.3 is 0 Å². The fraction of sp³-hybridized carbons (Fsp3) is 0.333. The summed E-state index contributed by atoms with van der Waals surface area (Å²) in [7, 11) is 0. The number of hydrogen-bond donors (Lipinski definition) is 1. The van der Waals surface area contributed by atoms with Crippen molar-refractivity contribution < 1.29 is 9.15 Å². The van der Waals surface area contributed by atoms with E-state index in [1.165, 1.54) is 0 Å². The van der Waals surface area contributed by atoms with Crippen molar-refractivity contribution in [1.82, 2.24) is 5.32 Å². The van der Waals surface area contributed by atoms with E-state index in [0.717, 1.165) is 29.3 Å². The Morgan fingerprint density at radius 2 is 2.10 bits per heavy atom. The summed E-state index contributed by atoms with van der Waals surface area (Å²) in [5.74, 6) is 0.851. The Hall–Kier alpha value is -1.00. The Kier molecular flexibility index (Phi) is 6.40. The minimum Gasteiger partial charge on any atom is -0.467 e. The van der Waals surface area contributed by atoms with Crippen LogP contribution in [0.5, 0.6) is 0 Å². The van der Waals surface area contributed by atoms with Crippen LogP contribution in [0, 0.1) is 0 Å². The third-order valence-electron chi connectivity index (χ3n) is 2.79. The average molecular weight is 314 g/mol. The van der Waals surface area contributed by atoms with Gasteiger partial charge in [0.2, 0.25) is 0 Å². The molecule has 0 saturated carbocycles. The number of halogens is 2. The van der Waals surface area contributed by atoms with E-state index in [2.05, 4.69) is 5.32 Å². The number of ether oxygens (including phenoxy) is 1. The fourth-order valence-corrected chi connectivity index (χ4v) is 2.15. The molecule has 0 amide bonds. The Bertz CT molecular complexity index is 515. The average Bonchev–Trinajstić information content (AvgIpc) is 2.94. The van der Waals surface area contributed by atoms with Crippen LogP contribution in [0.2, 0.25) is 10.0 Å². The highest BCUT2D eigenvalue weighted by atomic mass is 35.5. The van der Waals surface area contributed by atoms with Crippen LogP contribution in [0.3, 0.4) is 0 Å². The molecule has 2 rings (SSSR count). The highest BCUT2D eigenvalue weighted by Crippen LogP contribution is 2.20. The summed E-state index contributed by atoms with van der Waals surface area (Å²) < 4.78 is 10.7. The maximum Gasteiger partial charge on any atom is 0.129 e. The van der Waals surface area contributed by atoms with Crippen LogP contribution >= 0.6 is 23.2 Å². The van der Waals surface area contributed by atoms with Crippen molar-refractivity contribution in [3.63, 3.8) is 0 Å². The van der Waals surface area contributed by atoms with Crippen molar-refractivity contribution in [2.45, 2.75) is 19.6 Å². The molecule has 1 aromatic carbocycles. The SMILES string of the molecule is Clc1ccc(Cl)c(CNCCCOCc2ccco2)c1. The van der Waals surface area contributed by atoms with E-state index < -0.39 is 0 Å². The maximum atomic E-state index is 6.08. The zero-order valence-corrected chi connectivity index (χ0v) is 12.6. The van der Waals surface area contributed by atoms with Crippen LogP contribution in [0.1, 0.15) is 17.7 Å². The zero-order valence-electron chi connectivity index (χ0n) is 11.1. The molecule has 0 bridgehead atoms. The van der Waals surface area contributed by atoms with Crippen LogP contribution in [0.15, 0.2) is 41.0 Å². The Labute approximate surface area is 128 Å². The number of benzene rings is 1. The van der Waals surface area contributed by atoms with Gasteiger partial charge < -0.3 is 14.5 Å². The van der Waals surface area contributed by atoms with Gasteiger partial charge in [0.1, 0.15) is 12.4 Å². The van der Waals surface area contributed by atoms with E-state index in [1.807, 2.05) is 24.3 Å². The standard InChI is InChI=1S/C15H17Cl2NO2/c16-13-4-5-15(17)12(9-13)10-18-6-2-7-19-11-14-3-1-8-20-14/h1,3-5,8-9,18H,2,6-7,10-11H2. The predicted molar refractivity (Wildman–Crippen MR) is 81.1 cm³/mol. The minimum atomic E-state index is 0.521. The normalized spacial score (nSPS) is 10.9. The molecule has 5 heteroatoms. The lowest BCUT2D eigenvalue weighted by Crippen LogP contribution is -2.16. The Morgan fingerprint density at radius 3 is 2.90 bits per heavy atom. The van der Waals surface area contributed by atoms with Crippen molar-refractivity contribution in [3.05, 3.63) is 58.0 Å². The molecule has 0 spiro atoms. The molecule has 1 heterocycles. The summed E-state index contributed by atoms with van der Waals surface area (Å²) in [6.07, 6.45) is 2.58. The molecule has 0 aliphatic rings. The lowest BCUT2D eigenvalue weighted by Gasteiger charge is -2.07. The van der Waals surface area contributed by atoms with Crippen molar-refractivity contribution in [3.8, 4) is 0 Å². The van der Waals surface area contributed by atoms with Gasteiger partial charge in [-0.15, -0.1) is 0 Å². The molecular formula is C15H17Cl2NO2. The van der Waals surface area contributed by atoms with Crippen molar-refractivity contribution in [1.29, 1.82) is 0 Å². The summed E-state index contributed by atoms with van der Waals surface area (Å²) in [6, 6.07) is 9.24. The zero-order chi connectivity index (χ0) is 14.2. The molecule has 0 unspecified atom stereocenters. The van der Waals surface area contributed by atoms with Crippen LogP contribution in [-0.4, -0.2) is 13.2 Å². The van der Waals surface area contributed by atoms with E-state index in [9.17, 15) is 0 Å². The quantitative estimate of drug-likeness (QED) is 0.738. The van der Waals surface area contributed by atoms with Gasteiger partial charge in [-0.3, -0.25) is 0 Å². The van der Waals surface area contributed by atoms with Gasteiger partial charge in [-0.1, -0.05) is 23.2 Å². The topological polar surface area (TPSA) is 34.4 Å². The third kappa shape index (κ3) is 5.17. The second-order valence-corrected chi connectivity index (χ2v) is 5.24. The number of rotatable bonds is 8. The van der Waals surface area contributed by atoms with Crippen LogP contribution in [0.25, 0.3) is 0 Å². The lowest BCUT2D eigenvalue weighted by molar-refractivity contribution is 0.104. The summed E-state index contributed by atoms with van der Waals surface area (Å²) >= 11 is 12.0. The van der Waals surface area contributed by atoms with Crippen LogP contribution in [-0.2, 0) is 17.9 Å². The Balaban J connectivity index is 1.56. The molecule has 3 nitrogen and oxygen atoms in total. The molecular weight excluding hydrogens is 297 g/mol. The number of furan rings is 1. The van der Waals surface area contributed by atoms with Crippen LogP contribution in [0.4, 0.5) is 0 Å². The van der Waals surface area contributed by atoms with Gasteiger partial charge in [0.25, 0.3) is 0 Å². The molecule has 1 aromatic heterocycles. The van der Waals surface area contributed by atoms with E-state index >= 15 is 0 Å². The smallest absolute Gasteiger partial charge is 0.129 e. The molecule has 0 aliphatic heterocycles. The molecule has 1 N–H and O–H groups in total. The first-order valence-electron chi connectivity index (χ1n) is 6.50. The summed E-state index contributed by atoms with van der Waals surface area (Å²) in [5.41, 5.74) is 1.01. The van der Waals surface area contributed by atoms with Gasteiger partial charge in [-0.05, 0) is 48.9 Å². The molecule has 108 valence electrons. The molecule has 0 saturated heterocycles. The van der Waals surface area contributed by atoms with E-state index in [1.54, 1.807) is 12.3 Å². The first kappa shape index (κ1) is 15.4. The van der Waals surface area contributed by atoms with Crippen molar-refractivity contribution in [2.24, 2.45) is 0 Å². The first-order chi connectivity index (χ1) is 9.75. The van der Waals surface area contributed by atoms with E-state index in [-0.39, 0.29) is 0 Å². The van der Waals surface area contributed by atoms with Gasteiger partial charge in [0, 0.05) is 23.2 Å². The number of hydrogen-bond acceptors (Lipinski definition) is 3. The summed E-state index contributed by atoms with van der Waals surface area (Å²) in [6.45, 7) is 2.78. The van der Waals surface area contributed by atoms with Crippen molar-refractivity contribution in [2.75, 3.05) is 13.2 Å². The largest absolute Gasteiger partial charge is 0.467 e. The van der Waals surface area contributed by atoms with Gasteiger partial charge in [-0.25, -0.2) is 0 Å². The fourth-order valence-electron chi connectivity index (χ4n) is 1.77. The summed E-state index contributed by atoms with van der Waals surface area (Å²) in [5, 5.41) is 4.75. The summed E-state index contributed by atoms with van der Waals surface area (Å²) in [4.78, 5) is 0. The third-order valence-corrected chi connectivity index (χ3v) is 3.39. The monoisotopic (exact) mass is 313 g/mol. The minimum absolute atomic E-state index is 0.521. The second-order valence-electron chi connectivity index (χ2n) is 4.40. The van der Waals surface area contributed by atoms with Gasteiger partial charge in [0.15, 0.2) is 0 Å². The predicted octanol–water partition coefficient (Wildman–Crippen LogP) is 4.28. The maximum absolute atomic E-state index is 6.08. The second kappa shape index (κ2) is 8.32. The van der Waals surface area contributed by atoms with E-state index in [0.29, 0.717) is 24.8 Å².